The molecule has 0 radical (unpaired) electrons. The smallest absolute Gasteiger partial charge is 0.220 e. The topological polar surface area (TPSA) is 46.9 Å². The summed E-state index contributed by atoms with van der Waals surface area (Å²) in [4.78, 5) is 12.2. The van der Waals surface area contributed by atoms with E-state index in [1.54, 1.807) is 0 Å². The van der Waals surface area contributed by atoms with Crippen molar-refractivity contribution in [1.82, 2.24) is 15.1 Å². The van der Waals surface area contributed by atoms with Crippen molar-refractivity contribution in [1.29, 1.82) is 0 Å². The molecule has 1 amide bonds. The number of carbonyl (C=O) groups excluding carboxylic acids is 1. The second-order valence-corrected chi connectivity index (χ2v) is 6.74. The van der Waals surface area contributed by atoms with Gasteiger partial charge in [-0.3, -0.25) is 4.79 Å². The number of aromatic nitrogens is 2. The molecule has 2 aromatic rings. The second kappa shape index (κ2) is 8.67. The third-order valence-electron chi connectivity index (χ3n) is 4.77. The van der Waals surface area contributed by atoms with Crippen LogP contribution in [0.3, 0.4) is 0 Å². The first kappa shape index (κ1) is 16.7. The number of aryl methyl sites for hydroxylation is 1. The van der Waals surface area contributed by atoms with Crippen LogP contribution in [-0.2, 0) is 11.2 Å². The van der Waals surface area contributed by atoms with Gasteiger partial charge < -0.3 is 5.32 Å². The Hall–Kier alpha value is -2.10. The van der Waals surface area contributed by atoms with Crippen LogP contribution in [0.25, 0.3) is 5.69 Å². The van der Waals surface area contributed by atoms with E-state index in [1.165, 1.54) is 32.1 Å². The van der Waals surface area contributed by atoms with Gasteiger partial charge in [-0.2, -0.15) is 5.10 Å². The zero-order chi connectivity index (χ0) is 16.6. The molecule has 128 valence electrons. The highest BCUT2D eigenvalue weighted by Crippen LogP contribution is 2.17. The molecule has 0 aliphatic heterocycles. The van der Waals surface area contributed by atoms with Crippen molar-refractivity contribution >= 4 is 5.91 Å². The van der Waals surface area contributed by atoms with E-state index in [4.69, 9.17) is 0 Å². The van der Waals surface area contributed by atoms with Gasteiger partial charge in [-0.25, -0.2) is 4.68 Å². The molecule has 0 atom stereocenters. The molecule has 3 rings (SSSR count). The maximum atomic E-state index is 12.2. The third kappa shape index (κ3) is 4.95. The lowest BCUT2D eigenvalue weighted by atomic mass is 9.96. The largest absolute Gasteiger partial charge is 0.353 e. The average molecular weight is 325 g/mol. The number of amides is 1. The van der Waals surface area contributed by atoms with E-state index >= 15 is 0 Å². The summed E-state index contributed by atoms with van der Waals surface area (Å²) in [5.41, 5.74) is 2.15. The highest BCUT2D eigenvalue weighted by molar-refractivity contribution is 5.76. The van der Waals surface area contributed by atoms with Gasteiger partial charge in [-0.1, -0.05) is 50.3 Å². The van der Waals surface area contributed by atoms with Crippen LogP contribution in [-0.4, -0.2) is 21.7 Å². The summed E-state index contributed by atoms with van der Waals surface area (Å²) in [5.74, 6) is 0.174. The van der Waals surface area contributed by atoms with Gasteiger partial charge in [-0.05, 0) is 37.0 Å². The number of hydrogen-bond donors (Lipinski definition) is 1. The van der Waals surface area contributed by atoms with Gasteiger partial charge in [0, 0.05) is 18.7 Å². The van der Waals surface area contributed by atoms with E-state index in [-0.39, 0.29) is 5.91 Å². The normalized spacial score (nSPS) is 16.3. The molecule has 0 saturated heterocycles. The third-order valence-corrected chi connectivity index (χ3v) is 4.77. The number of rotatable bonds is 5. The molecule has 24 heavy (non-hydrogen) atoms. The summed E-state index contributed by atoms with van der Waals surface area (Å²) in [6, 6.07) is 10.4. The standard InChI is InChI=1S/C20H27N3O/c24-20(22-18-9-5-2-1-3-6-10-18)14-13-17-15-21-23(16-17)19-11-7-4-8-12-19/h4,7-8,11-12,15-16,18H,1-3,5-6,9-10,13-14H2,(H,22,24). The van der Waals surface area contributed by atoms with Crippen LogP contribution in [0, 0.1) is 0 Å². The lowest BCUT2D eigenvalue weighted by Crippen LogP contribution is -2.35. The first-order valence-corrected chi connectivity index (χ1v) is 9.19. The zero-order valence-electron chi connectivity index (χ0n) is 14.3. The van der Waals surface area contributed by atoms with Crippen molar-refractivity contribution in [2.75, 3.05) is 0 Å². The predicted octanol–water partition coefficient (Wildman–Crippen LogP) is 4.03. The minimum atomic E-state index is 0.174. The molecule has 1 N–H and O–H groups in total. The van der Waals surface area contributed by atoms with E-state index in [0.717, 1.165) is 30.5 Å². The Morgan fingerprint density at radius 2 is 1.79 bits per heavy atom. The van der Waals surface area contributed by atoms with Crippen LogP contribution in [0.15, 0.2) is 42.7 Å². The fourth-order valence-corrected chi connectivity index (χ4v) is 3.37. The van der Waals surface area contributed by atoms with Gasteiger partial charge in [0.1, 0.15) is 0 Å². The minimum absolute atomic E-state index is 0.174. The molecular weight excluding hydrogens is 298 g/mol. The van der Waals surface area contributed by atoms with E-state index < -0.39 is 0 Å². The number of nitrogens with one attached hydrogen (secondary N) is 1. The SMILES string of the molecule is O=C(CCc1cnn(-c2ccccc2)c1)NC1CCCCCCC1. The molecule has 1 saturated carbocycles. The Labute approximate surface area is 144 Å². The minimum Gasteiger partial charge on any atom is -0.353 e. The Morgan fingerprint density at radius 3 is 2.54 bits per heavy atom. The zero-order valence-corrected chi connectivity index (χ0v) is 14.3. The van der Waals surface area contributed by atoms with Crippen molar-refractivity contribution in [2.45, 2.75) is 63.8 Å². The number of nitrogens with zero attached hydrogens (tertiary/aromatic N) is 2. The summed E-state index contributed by atoms with van der Waals surface area (Å²) >= 11 is 0. The number of hydrogen-bond acceptors (Lipinski definition) is 2. The van der Waals surface area contributed by atoms with Crippen LogP contribution in [0.5, 0.6) is 0 Å². The molecule has 4 heteroatoms. The predicted molar refractivity (Wildman–Crippen MR) is 96.1 cm³/mol. The van der Waals surface area contributed by atoms with Crippen LogP contribution in [0.4, 0.5) is 0 Å². The average Bonchev–Trinajstić information content (AvgIpc) is 3.05. The molecule has 1 aliphatic rings. The summed E-state index contributed by atoms with van der Waals surface area (Å²) in [6.07, 6.45) is 13.9. The maximum Gasteiger partial charge on any atom is 0.220 e. The van der Waals surface area contributed by atoms with E-state index in [0.29, 0.717) is 12.5 Å². The van der Waals surface area contributed by atoms with Crippen LogP contribution < -0.4 is 5.32 Å². The molecule has 1 aliphatic carbocycles. The van der Waals surface area contributed by atoms with E-state index in [9.17, 15) is 4.79 Å². The van der Waals surface area contributed by atoms with E-state index in [2.05, 4.69) is 10.4 Å². The van der Waals surface area contributed by atoms with Crippen LogP contribution >= 0.6 is 0 Å². The summed E-state index contributed by atoms with van der Waals surface area (Å²) in [5, 5.41) is 7.62. The molecule has 1 fully saturated rings. The Kier molecular flexibility index (Phi) is 6.05. The molecule has 0 unspecified atom stereocenters. The fourth-order valence-electron chi connectivity index (χ4n) is 3.37. The van der Waals surface area contributed by atoms with Crippen molar-refractivity contribution in [3.63, 3.8) is 0 Å². The molecule has 1 aromatic carbocycles. The Balaban J connectivity index is 1.47. The van der Waals surface area contributed by atoms with Crippen molar-refractivity contribution in [3.8, 4) is 5.69 Å². The van der Waals surface area contributed by atoms with Gasteiger partial charge in [0.25, 0.3) is 0 Å². The van der Waals surface area contributed by atoms with Crippen molar-refractivity contribution in [2.24, 2.45) is 0 Å². The Morgan fingerprint density at radius 1 is 1.08 bits per heavy atom. The highest BCUT2D eigenvalue weighted by atomic mass is 16.1. The quantitative estimate of drug-likeness (QED) is 0.902. The molecule has 0 bridgehead atoms. The molecule has 1 heterocycles. The van der Waals surface area contributed by atoms with Gasteiger partial charge in [0.05, 0.1) is 11.9 Å². The van der Waals surface area contributed by atoms with E-state index in [1.807, 2.05) is 47.4 Å². The van der Waals surface area contributed by atoms with Crippen molar-refractivity contribution < 1.29 is 4.79 Å². The highest BCUT2D eigenvalue weighted by Gasteiger charge is 2.14. The second-order valence-electron chi connectivity index (χ2n) is 6.74. The number of carbonyl (C=O) groups is 1. The molecule has 1 aromatic heterocycles. The first-order chi connectivity index (χ1) is 11.8. The fraction of sp³-hybridized carbons (Fsp3) is 0.500. The maximum absolute atomic E-state index is 12.2. The summed E-state index contributed by atoms with van der Waals surface area (Å²) < 4.78 is 1.86. The lowest BCUT2D eigenvalue weighted by Gasteiger charge is -2.20. The number of para-hydroxylation sites is 1. The lowest BCUT2D eigenvalue weighted by molar-refractivity contribution is -0.121. The van der Waals surface area contributed by atoms with Gasteiger partial charge in [0.2, 0.25) is 5.91 Å². The molecular formula is C20H27N3O. The summed E-state index contributed by atoms with van der Waals surface area (Å²) in [6.45, 7) is 0. The van der Waals surface area contributed by atoms with Gasteiger partial charge in [0.15, 0.2) is 0 Å². The number of benzene rings is 1. The monoisotopic (exact) mass is 325 g/mol. The van der Waals surface area contributed by atoms with Gasteiger partial charge >= 0.3 is 0 Å². The van der Waals surface area contributed by atoms with Crippen molar-refractivity contribution in [3.05, 3.63) is 48.3 Å². The molecule has 0 spiro atoms. The van der Waals surface area contributed by atoms with Gasteiger partial charge in [-0.15, -0.1) is 0 Å². The first-order valence-electron chi connectivity index (χ1n) is 9.19. The van der Waals surface area contributed by atoms with Crippen LogP contribution in [0.2, 0.25) is 0 Å². The Bertz CT molecular complexity index is 627. The van der Waals surface area contributed by atoms with Crippen LogP contribution in [0.1, 0.15) is 56.9 Å². The summed E-state index contributed by atoms with van der Waals surface area (Å²) in [7, 11) is 0. The molecule has 4 nitrogen and oxygen atoms in total.